The number of nitrogens with one attached hydrogen (secondary N) is 3. The lowest BCUT2D eigenvalue weighted by molar-refractivity contribution is -0.129. The Kier molecular flexibility index (Phi) is 10.4. The van der Waals surface area contributed by atoms with Crippen LogP contribution in [0.5, 0.6) is 5.75 Å². The second-order valence-corrected chi connectivity index (χ2v) is 6.94. The van der Waals surface area contributed by atoms with Crippen molar-refractivity contribution in [2.45, 2.75) is 19.8 Å². The number of hydrogen-bond acceptors (Lipinski definition) is 6. The molecule has 3 N–H and O–H groups in total. The number of amides is 3. The average molecular weight is 441 g/mol. The van der Waals surface area contributed by atoms with E-state index in [2.05, 4.69) is 21.2 Å². The van der Waals surface area contributed by atoms with Crippen LogP contribution in [0.25, 0.3) is 0 Å². The van der Waals surface area contributed by atoms with Gasteiger partial charge in [0.15, 0.2) is 6.61 Å². The quantitative estimate of drug-likeness (QED) is 0.202. The van der Waals surface area contributed by atoms with Crippen molar-refractivity contribution in [1.82, 2.24) is 10.7 Å². The third-order valence-electron chi connectivity index (χ3n) is 4.16. The summed E-state index contributed by atoms with van der Waals surface area (Å²) in [6.45, 7) is 2.85. The van der Waals surface area contributed by atoms with Gasteiger partial charge in [0.2, 0.25) is 11.8 Å². The van der Waals surface area contributed by atoms with Crippen molar-refractivity contribution >= 4 is 29.6 Å². The van der Waals surface area contributed by atoms with E-state index in [9.17, 15) is 14.4 Å². The first-order chi connectivity index (χ1) is 15.5. The van der Waals surface area contributed by atoms with E-state index in [1.807, 2.05) is 31.2 Å². The second-order valence-electron chi connectivity index (χ2n) is 6.94. The van der Waals surface area contributed by atoms with Crippen molar-refractivity contribution in [3.63, 3.8) is 0 Å². The van der Waals surface area contributed by atoms with E-state index in [0.29, 0.717) is 36.6 Å². The van der Waals surface area contributed by atoms with Gasteiger partial charge in [0, 0.05) is 25.9 Å². The van der Waals surface area contributed by atoms with Crippen LogP contribution in [-0.4, -0.2) is 50.8 Å². The van der Waals surface area contributed by atoms with Crippen LogP contribution in [0.4, 0.5) is 5.69 Å². The Morgan fingerprint density at radius 2 is 1.69 bits per heavy atom. The standard InChI is InChI=1S/C23H28N4O5/c1-17-4-8-19(9-5-17)26-23(30)16-32-20-10-6-18(7-11-20)15-25-27-22(29)14-21(28)24-12-3-13-31-2/h4-11,15H,3,12-14,16H2,1-2H3,(H,24,28)(H,26,30)(H,27,29)/b25-15+. The number of carbonyl (C=O) groups excluding carboxylic acids is 3. The highest BCUT2D eigenvalue weighted by Gasteiger charge is 2.08. The van der Waals surface area contributed by atoms with Gasteiger partial charge in [0.25, 0.3) is 5.91 Å². The summed E-state index contributed by atoms with van der Waals surface area (Å²) in [6, 6.07) is 14.3. The minimum Gasteiger partial charge on any atom is -0.484 e. The molecule has 0 atom stereocenters. The molecule has 9 heteroatoms. The van der Waals surface area contributed by atoms with Gasteiger partial charge in [0.05, 0.1) is 6.21 Å². The summed E-state index contributed by atoms with van der Waals surface area (Å²) in [7, 11) is 1.58. The molecule has 0 spiro atoms. The van der Waals surface area contributed by atoms with Crippen LogP contribution in [-0.2, 0) is 19.1 Å². The van der Waals surface area contributed by atoms with Crippen LogP contribution in [0.2, 0.25) is 0 Å². The van der Waals surface area contributed by atoms with E-state index in [-0.39, 0.29) is 24.8 Å². The molecule has 0 aliphatic carbocycles. The van der Waals surface area contributed by atoms with Gasteiger partial charge in [-0.3, -0.25) is 14.4 Å². The molecular weight excluding hydrogens is 412 g/mol. The molecule has 0 saturated carbocycles. The highest BCUT2D eigenvalue weighted by molar-refractivity contribution is 5.97. The number of hydrogen-bond donors (Lipinski definition) is 3. The van der Waals surface area contributed by atoms with Crippen LogP contribution in [0, 0.1) is 6.92 Å². The first-order valence-electron chi connectivity index (χ1n) is 10.1. The second kappa shape index (κ2) is 13.6. The monoisotopic (exact) mass is 440 g/mol. The number of hydrazone groups is 1. The Bertz CT molecular complexity index is 911. The number of carbonyl (C=O) groups is 3. The summed E-state index contributed by atoms with van der Waals surface area (Å²) in [5.41, 5.74) is 4.84. The Morgan fingerprint density at radius 1 is 0.969 bits per heavy atom. The number of nitrogens with zero attached hydrogens (tertiary/aromatic N) is 1. The van der Waals surface area contributed by atoms with E-state index in [0.717, 1.165) is 5.56 Å². The lowest BCUT2D eigenvalue weighted by Gasteiger charge is -2.08. The molecule has 9 nitrogen and oxygen atoms in total. The predicted octanol–water partition coefficient (Wildman–Crippen LogP) is 2.01. The Hall–Kier alpha value is -3.72. The lowest BCUT2D eigenvalue weighted by Crippen LogP contribution is -2.30. The van der Waals surface area contributed by atoms with E-state index in [4.69, 9.17) is 9.47 Å². The van der Waals surface area contributed by atoms with Crippen molar-refractivity contribution in [1.29, 1.82) is 0 Å². The topological polar surface area (TPSA) is 118 Å². The molecule has 0 fully saturated rings. The van der Waals surface area contributed by atoms with Crippen LogP contribution in [0.15, 0.2) is 53.6 Å². The molecule has 0 radical (unpaired) electrons. The van der Waals surface area contributed by atoms with Crippen LogP contribution >= 0.6 is 0 Å². The maximum absolute atomic E-state index is 12.0. The van der Waals surface area contributed by atoms with Gasteiger partial charge in [-0.1, -0.05) is 17.7 Å². The molecule has 2 aromatic carbocycles. The summed E-state index contributed by atoms with van der Waals surface area (Å²) < 4.78 is 10.4. The van der Waals surface area contributed by atoms with Crippen molar-refractivity contribution in [3.05, 3.63) is 59.7 Å². The van der Waals surface area contributed by atoms with Gasteiger partial charge in [-0.25, -0.2) is 5.43 Å². The summed E-state index contributed by atoms with van der Waals surface area (Å²) in [5, 5.41) is 9.22. The minimum atomic E-state index is -0.509. The fraction of sp³-hybridized carbons (Fsp3) is 0.304. The number of rotatable bonds is 12. The number of methoxy groups -OCH3 is 1. The largest absolute Gasteiger partial charge is 0.484 e. The van der Waals surface area contributed by atoms with Crippen LogP contribution in [0.3, 0.4) is 0 Å². The molecule has 170 valence electrons. The smallest absolute Gasteiger partial charge is 0.262 e. The predicted molar refractivity (Wildman–Crippen MR) is 122 cm³/mol. The Labute approximate surface area is 187 Å². The number of ether oxygens (including phenoxy) is 2. The van der Waals surface area contributed by atoms with Gasteiger partial charge >= 0.3 is 0 Å². The number of benzene rings is 2. The zero-order valence-electron chi connectivity index (χ0n) is 18.2. The maximum atomic E-state index is 12.0. The summed E-state index contributed by atoms with van der Waals surface area (Å²) >= 11 is 0. The summed E-state index contributed by atoms with van der Waals surface area (Å²) in [4.78, 5) is 35.3. The molecule has 2 rings (SSSR count). The average Bonchev–Trinajstić information content (AvgIpc) is 2.78. The SMILES string of the molecule is COCCCNC(=O)CC(=O)N/N=C/c1ccc(OCC(=O)Nc2ccc(C)cc2)cc1. The summed E-state index contributed by atoms with van der Waals surface area (Å²) in [5.74, 6) is -0.618. The van der Waals surface area contributed by atoms with Crippen LogP contribution in [0.1, 0.15) is 24.0 Å². The van der Waals surface area contributed by atoms with E-state index in [1.165, 1.54) is 6.21 Å². The van der Waals surface area contributed by atoms with Crippen molar-refractivity contribution < 1.29 is 23.9 Å². The van der Waals surface area contributed by atoms with Crippen LogP contribution < -0.4 is 20.8 Å². The van der Waals surface area contributed by atoms with E-state index >= 15 is 0 Å². The molecule has 0 aromatic heterocycles. The van der Waals surface area contributed by atoms with Crippen molar-refractivity contribution in [3.8, 4) is 5.75 Å². The third-order valence-corrected chi connectivity index (χ3v) is 4.16. The molecule has 0 bridgehead atoms. The fourth-order valence-corrected chi connectivity index (χ4v) is 2.50. The zero-order chi connectivity index (χ0) is 23.2. The normalized spacial score (nSPS) is 10.6. The molecular formula is C23H28N4O5. The Morgan fingerprint density at radius 3 is 2.38 bits per heavy atom. The first-order valence-corrected chi connectivity index (χ1v) is 10.1. The molecule has 0 heterocycles. The number of aryl methyl sites for hydroxylation is 1. The van der Waals surface area contributed by atoms with Gasteiger partial charge in [-0.05, 0) is 55.3 Å². The van der Waals surface area contributed by atoms with E-state index < -0.39 is 5.91 Å². The highest BCUT2D eigenvalue weighted by Crippen LogP contribution is 2.12. The molecule has 3 amide bonds. The third kappa shape index (κ3) is 9.86. The maximum Gasteiger partial charge on any atom is 0.262 e. The zero-order valence-corrected chi connectivity index (χ0v) is 18.2. The van der Waals surface area contributed by atoms with Crippen molar-refractivity contribution in [2.75, 3.05) is 32.2 Å². The molecule has 0 unspecified atom stereocenters. The molecule has 0 aliphatic rings. The summed E-state index contributed by atoms with van der Waals surface area (Å²) in [6.07, 6.45) is 1.82. The molecule has 0 aliphatic heterocycles. The molecule has 32 heavy (non-hydrogen) atoms. The van der Waals surface area contributed by atoms with Gasteiger partial charge < -0.3 is 20.1 Å². The lowest BCUT2D eigenvalue weighted by atomic mass is 10.2. The Balaban J connectivity index is 1.68. The minimum absolute atomic E-state index is 0.120. The van der Waals surface area contributed by atoms with Gasteiger partial charge in [-0.2, -0.15) is 5.10 Å². The number of anilines is 1. The molecule has 0 saturated heterocycles. The van der Waals surface area contributed by atoms with Gasteiger partial charge in [0.1, 0.15) is 12.2 Å². The van der Waals surface area contributed by atoms with Crippen molar-refractivity contribution in [2.24, 2.45) is 5.10 Å². The highest BCUT2D eigenvalue weighted by atomic mass is 16.5. The van der Waals surface area contributed by atoms with E-state index in [1.54, 1.807) is 31.4 Å². The fourth-order valence-electron chi connectivity index (χ4n) is 2.50. The van der Waals surface area contributed by atoms with Gasteiger partial charge in [-0.15, -0.1) is 0 Å². The first kappa shape index (κ1) is 24.5. The molecule has 2 aromatic rings.